The Morgan fingerprint density at radius 1 is 1.18 bits per heavy atom. The van der Waals surface area contributed by atoms with Crippen LogP contribution in [0.25, 0.3) is 0 Å². The summed E-state index contributed by atoms with van der Waals surface area (Å²) >= 11 is 0. The zero-order valence-corrected chi connectivity index (χ0v) is 6.66. The maximum Gasteiger partial charge on any atom is 0.110 e. The normalized spacial score (nSPS) is 17.1. The van der Waals surface area contributed by atoms with E-state index < -0.39 is 0 Å². The molecule has 0 aliphatic carbocycles. The monoisotopic (exact) mass is 143 g/mol. The summed E-state index contributed by atoms with van der Waals surface area (Å²) in [6.45, 7) is 0. The van der Waals surface area contributed by atoms with E-state index in [1.165, 1.54) is 24.6 Å². The van der Waals surface area contributed by atoms with Gasteiger partial charge in [0.2, 0.25) is 0 Å². The zero-order chi connectivity index (χ0) is 7.52. The average molecular weight is 143 g/mol. The minimum Gasteiger partial charge on any atom is -0.0779 e. The molecular weight excluding hydrogens is 131 g/mol. The van der Waals surface area contributed by atoms with Crippen LogP contribution < -0.4 is 0 Å². The SMILES string of the molecule is [B]1CC(Cc2ccccc2)C1. The standard InChI is InChI=1S/C10H12B/c1-2-4-9(5-3-1)6-10-7-11-8-10/h1-5,10H,6-8H2. The lowest BCUT2D eigenvalue weighted by molar-refractivity contribution is 0.591. The Labute approximate surface area is 68.9 Å². The molecule has 1 aromatic rings. The molecule has 1 aliphatic heterocycles. The summed E-state index contributed by atoms with van der Waals surface area (Å²) < 4.78 is 0. The number of rotatable bonds is 2. The van der Waals surface area contributed by atoms with Crippen molar-refractivity contribution in [1.29, 1.82) is 0 Å². The van der Waals surface area contributed by atoms with Crippen molar-refractivity contribution in [3.8, 4) is 0 Å². The smallest absolute Gasteiger partial charge is 0.0779 e. The van der Waals surface area contributed by atoms with Crippen molar-refractivity contribution in [1.82, 2.24) is 0 Å². The molecule has 0 atom stereocenters. The van der Waals surface area contributed by atoms with Crippen LogP contribution in [0.2, 0.25) is 12.6 Å². The maximum atomic E-state index is 2.37. The molecule has 1 saturated heterocycles. The Morgan fingerprint density at radius 3 is 2.45 bits per heavy atom. The van der Waals surface area contributed by atoms with Gasteiger partial charge in [0.15, 0.2) is 0 Å². The summed E-state index contributed by atoms with van der Waals surface area (Å²) in [6, 6.07) is 10.8. The molecule has 55 valence electrons. The van der Waals surface area contributed by atoms with Gasteiger partial charge in [0.25, 0.3) is 0 Å². The zero-order valence-electron chi connectivity index (χ0n) is 6.66. The molecule has 2 rings (SSSR count). The highest BCUT2D eigenvalue weighted by Gasteiger charge is 2.17. The van der Waals surface area contributed by atoms with Crippen LogP contribution in [0.1, 0.15) is 5.56 Å². The van der Waals surface area contributed by atoms with Crippen molar-refractivity contribution in [2.24, 2.45) is 5.92 Å². The van der Waals surface area contributed by atoms with Crippen molar-refractivity contribution in [3.63, 3.8) is 0 Å². The van der Waals surface area contributed by atoms with E-state index in [0.29, 0.717) is 0 Å². The summed E-state index contributed by atoms with van der Waals surface area (Å²) in [4.78, 5) is 0. The molecular formula is C10H12B. The summed E-state index contributed by atoms with van der Waals surface area (Å²) in [5.41, 5.74) is 1.49. The molecule has 1 aromatic carbocycles. The highest BCUT2D eigenvalue weighted by Crippen LogP contribution is 2.25. The van der Waals surface area contributed by atoms with E-state index in [2.05, 4.69) is 37.6 Å². The van der Waals surface area contributed by atoms with Crippen LogP contribution in [0, 0.1) is 5.92 Å². The topological polar surface area (TPSA) is 0 Å². The van der Waals surface area contributed by atoms with E-state index in [9.17, 15) is 0 Å². The van der Waals surface area contributed by atoms with Crippen molar-refractivity contribution in [2.75, 3.05) is 0 Å². The molecule has 1 radical (unpaired) electrons. The lowest BCUT2D eigenvalue weighted by Gasteiger charge is -2.24. The molecule has 1 aliphatic rings. The van der Waals surface area contributed by atoms with Gasteiger partial charge in [-0.1, -0.05) is 48.9 Å². The van der Waals surface area contributed by atoms with Gasteiger partial charge in [-0.3, -0.25) is 0 Å². The second-order valence-electron chi connectivity index (χ2n) is 3.32. The molecule has 1 heterocycles. The van der Waals surface area contributed by atoms with Crippen LogP contribution in [0.3, 0.4) is 0 Å². The first-order valence-corrected chi connectivity index (χ1v) is 4.31. The number of benzene rings is 1. The van der Waals surface area contributed by atoms with E-state index in [0.717, 1.165) is 5.92 Å². The van der Waals surface area contributed by atoms with E-state index in [1.807, 2.05) is 0 Å². The van der Waals surface area contributed by atoms with Crippen LogP contribution in [-0.2, 0) is 6.42 Å². The molecule has 11 heavy (non-hydrogen) atoms. The van der Waals surface area contributed by atoms with Gasteiger partial charge in [-0.25, -0.2) is 0 Å². The second kappa shape index (κ2) is 3.12. The van der Waals surface area contributed by atoms with Crippen molar-refractivity contribution in [3.05, 3.63) is 35.9 Å². The quantitative estimate of drug-likeness (QED) is 0.557. The van der Waals surface area contributed by atoms with Gasteiger partial charge in [0, 0.05) is 0 Å². The van der Waals surface area contributed by atoms with E-state index in [1.54, 1.807) is 0 Å². The number of hydrogen-bond acceptors (Lipinski definition) is 0. The Balaban J connectivity index is 1.95. The van der Waals surface area contributed by atoms with Gasteiger partial charge in [-0.15, -0.1) is 0 Å². The third kappa shape index (κ3) is 1.65. The maximum absolute atomic E-state index is 2.37. The van der Waals surface area contributed by atoms with E-state index in [4.69, 9.17) is 0 Å². The van der Waals surface area contributed by atoms with Gasteiger partial charge in [-0.2, -0.15) is 0 Å². The highest BCUT2D eigenvalue weighted by molar-refractivity contribution is 6.39. The molecule has 0 saturated carbocycles. The van der Waals surface area contributed by atoms with Crippen molar-refractivity contribution >= 4 is 7.28 Å². The highest BCUT2D eigenvalue weighted by atomic mass is 14.1. The summed E-state index contributed by atoms with van der Waals surface area (Å²) in [5.74, 6) is 0.942. The fourth-order valence-corrected chi connectivity index (χ4v) is 1.52. The third-order valence-electron chi connectivity index (χ3n) is 2.37. The minimum absolute atomic E-state index is 0.942. The molecule has 0 aromatic heterocycles. The van der Waals surface area contributed by atoms with Crippen LogP contribution >= 0.6 is 0 Å². The lowest BCUT2D eigenvalue weighted by Crippen LogP contribution is -2.19. The van der Waals surface area contributed by atoms with Crippen molar-refractivity contribution < 1.29 is 0 Å². The third-order valence-corrected chi connectivity index (χ3v) is 2.37. The lowest BCUT2D eigenvalue weighted by atomic mass is 9.50. The summed E-state index contributed by atoms with van der Waals surface area (Å²) in [6.07, 6.45) is 3.93. The molecule has 1 heteroatoms. The first-order valence-electron chi connectivity index (χ1n) is 4.31. The molecule has 0 N–H and O–H groups in total. The fraction of sp³-hybridized carbons (Fsp3) is 0.400. The molecule has 1 fully saturated rings. The first-order chi connectivity index (χ1) is 5.45. The van der Waals surface area contributed by atoms with Gasteiger partial charge in [-0.05, 0) is 12.0 Å². The molecule has 0 spiro atoms. The minimum atomic E-state index is 0.942. The molecule has 0 unspecified atom stereocenters. The predicted molar refractivity (Wildman–Crippen MR) is 49.0 cm³/mol. The van der Waals surface area contributed by atoms with E-state index in [-0.39, 0.29) is 0 Å². The Bertz CT molecular complexity index is 214. The number of hydrogen-bond donors (Lipinski definition) is 0. The summed E-state index contributed by atoms with van der Waals surface area (Å²) in [5, 5.41) is 0. The van der Waals surface area contributed by atoms with Gasteiger partial charge in [0.05, 0.1) is 0 Å². The molecule has 0 nitrogen and oxygen atoms in total. The van der Waals surface area contributed by atoms with Gasteiger partial charge >= 0.3 is 0 Å². The Hall–Kier alpha value is -0.715. The largest absolute Gasteiger partial charge is 0.110 e. The first kappa shape index (κ1) is 6.96. The Morgan fingerprint density at radius 2 is 1.91 bits per heavy atom. The molecule has 0 amide bonds. The van der Waals surface area contributed by atoms with Crippen LogP contribution in [-0.4, -0.2) is 7.28 Å². The van der Waals surface area contributed by atoms with Crippen molar-refractivity contribution in [2.45, 2.75) is 19.1 Å². The van der Waals surface area contributed by atoms with Crippen LogP contribution in [0.4, 0.5) is 0 Å². The van der Waals surface area contributed by atoms with E-state index >= 15 is 0 Å². The van der Waals surface area contributed by atoms with Crippen LogP contribution in [0.5, 0.6) is 0 Å². The second-order valence-corrected chi connectivity index (χ2v) is 3.32. The summed E-state index contributed by atoms with van der Waals surface area (Å²) in [7, 11) is 2.37. The predicted octanol–water partition coefficient (Wildman–Crippen LogP) is 2.40. The van der Waals surface area contributed by atoms with Gasteiger partial charge < -0.3 is 0 Å². The van der Waals surface area contributed by atoms with Gasteiger partial charge in [0.1, 0.15) is 7.28 Å². The fourth-order valence-electron chi connectivity index (χ4n) is 1.52. The average Bonchev–Trinajstić information content (AvgIpc) is 1.99. The Kier molecular flexibility index (Phi) is 1.98. The van der Waals surface area contributed by atoms with Crippen LogP contribution in [0.15, 0.2) is 30.3 Å². The molecule has 0 bridgehead atoms.